The predicted octanol–water partition coefficient (Wildman–Crippen LogP) is 4.31. The van der Waals surface area contributed by atoms with Crippen LogP contribution in [0.3, 0.4) is 0 Å². The number of rotatable bonds is 5. The minimum atomic E-state index is -4.38. The molecule has 0 radical (unpaired) electrons. The summed E-state index contributed by atoms with van der Waals surface area (Å²) >= 11 is 0. The summed E-state index contributed by atoms with van der Waals surface area (Å²) in [5, 5.41) is 4.30. The number of alkyl halides is 3. The molecule has 1 fully saturated rings. The Bertz CT molecular complexity index is 1050. The van der Waals surface area contributed by atoms with Gasteiger partial charge in [-0.2, -0.15) is 18.3 Å². The molecular weight excluding hydrogens is 405 g/mol. The number of hydrogen-bond acceptors (Lipinski definition) is 4. The highest BCUT2D eigenvalue weighted by Gasteiger charge is 2.33. The number of ether oxygens (including phenoxy) is 1. The van der Waals surface area contributed by atoms with Crippen LogP contribution in [0.5, 0.6) is 0 Å². The van der Waals surface area contributed by atoms with Crippen molar-refractivity contribution in [3.05, 3.63) is 82.4 Å². The molecule has 1 saturated heterocycles. The van der Waals surface area contributed by atoms with Crippen LogP contribution in [0.15, 0.2) is 48.7 Å². The molecule has 164 valence electrons. The van der Waals surface area contributed by atoms with E-state index in [4.69, 9.17) is 4.74 Å². The van der Waals surface area contributed by atoms with E-state index in [0.717, 1.165) is 30.5 Å². The first-order valence-corrected chi connectivity index (χ1v) is 10.2. The maximum Gasteiger partial charge on any atom is 0.416 e. The van der Waals surface area contributed by atoms with Gasteiger partial charge in [0.15, 0.2) is 0 Å². The summed E-state index contributed by atoms with van der Waals surface area (Å²) in [6, 6.07) is 11.1. The smallest absolute Gasteiger partial charge is 0.369 e. The van der Waals surface area contributed by atoms with Gasteiger partial charge in [-0.3, -0.25) is 14.6 Å². The topological polar surface area (TPSA) is 43.2 Å². The SMILES string of the molecule is Cc1c(CN2CCOC(c3cccc(Cc4ccccc4C(F)(F)F)n3)C2)cnn1C. The molecule has 8 heteroatoms. The minimum absolute atomic E-state index is 0.120. The molecule has 0 saturated carbocycles. The Kier molecular flexibility index (Phi) is 6.11. The molecule has 1 unspecified atom stereocenters. The lowest BCUT2D eigenvalue weighted by Gasteiger charge is -2.32. The summed E-state index contributed by atoms with van der Waals surface area (Å²) in [6.07, 6.45) is -2.60. The van der Waals surface area contributed by atoms with E-state index in [2.05, 4.69) is 15.0 Å². The van der Waals surface area contributed by atoms with Crippen LogP contribution < -0.4 is 0 Å². The zero-order valence-corrected chi connectivity index (χ0v) is 17.6. The van der Waals surface area contributed by atoms with Crippen molar-refractivity contribution in [2.75, 3.05) is 19.7 Å². The third kappa shape index (κ3) is 4.97. The first kappa shape index (κ1) is 21.5. The second kappa shape index (κ2) is 8.80. The lowest BCUT2D eigenvalue weighted by molar-refractivity contribution is -0.138. The van der Waals surface area contributed by atoms with E-state index in [-0.39, 0.29) is 18.1 Å². The largest absolute Gasteiger partial charge is 0.416 e. The van der Waals surface area contributed by atoms with Crippen molar-refractivity contribution < 1.29 is 17.9 Å². The van der Waals surface area contributed by atoms with Crippen LogP contribution in [0.1, 0.15) is 39.9 Å². The van der Waals surface area contributed by atoms with Crippen molar-refractivity contribution in [3.8, 4) is 0 Å². The normalized spacial score (nSPS) is 17.8. The monoisotopic (exact) mass is 430 g/mol. The molecule has 0 amide bonds. The third-order valence-electron chi connectivity index (χ3n) is 5.73. The van der Waals surface area contributed by atoms with E-state index < -0.39 is 11.7 Å². The maximum absolute atomic E-state index is 13.3. The van der Waals surface area contributed by atoms with Crippen LogP contribution in [0.2, 0.25) is 0 Å². The van der Waals surface area contributed by atoms with Gasteiger partial charge in [0.2, 0.25) is 0 Å². The second-order valence-corrected chi connectivity index (χ2v) is 7.86. The molecule has 1 atom stereocenters. The van der Waals surface area contributed by atoms with Gasteiger partial charge >= 0.3 is 6.18 Å². The second-order valence-electron chi connectivity index (χ2n) is 7.86. The van der Waals surface area contributed by atoms with Gasteiger partial charge in [0.05, 0.1) is 24.1 Å². The van der Waals surface area contributed by atoms with E-state index in [0.29, 0.717) is 18.8 Å². The van der Waals surface area contributed by atoms with Crippen molar-refractivity contribution in [1.29, 1.82) is 0 Å². The van der Waals surface area contributed by atoms with Crippen molar-refractivity contribution in [2.24, 2.45) is 7.05 Å². The molecule has 4 rings (SSSR count). The van der Waals surface area contributed by atoms with E-state index >= 15 is 0 Å². The average molecular weight is 430 g/mol. The molecular formula is C23H25F3N4O. The average Bonchev–Trinajstić information content (AvgIpc) is 3.06. The molecule has 1 aliphatic heterocycles. The summed E-state index contributed by atoms with van der Waals surface area (Å²) in [6.45, 7) is 4.88. The molecule has 3 aromatic rings. The van der Waals surface area contributed by atoms with E-state index in [1.165, 1.54) is 17.7 Å². The lowest BCUT2D eigenvalue weighted by atomic mass is 10.0. The number of benzene rings is 1. The van der Waals surface area contributed by atoms with E-state index in [1.54, 1.807) is 12.1 Å². The minimum Gasteiger partial charge on any atom is -0.369 e. The number of morpholine rings is 1. The number of nitrogens with zero attached hydrogens (tertiary/aromatic N) is 4. The molecule has 2 aromatic heterocycles. The number of pyridine rings is 1. The first-order chi connectivity index (χ1) is 14.8. The predicted molar refractivity (Wildman–Crippen MR) is 110 cm³/mol. The number of hydrogen-bond donors (Lipinski definition) is 0. The van der Waals surface area contributed by atoms with Gasteiger partial charge in [0.1, 0.15) is 6.10 Å². The molecule has 1 aromatic carbocycles. The van der Waals surface area contributed by atoms with Gasteiger partial charge in [0, 0.05) is 50.1 Å². The summed E-state index contributed by atoms with van der Waals surface area (Å²) < 4.78 is 47.8. The Morgan fingerprint density at radius 2 is 1.90 bits per heavy atom. The number of halogens is 3. The van der Waals surface area contributed by atoms with Crippen LogP contribution in [0, 0.1) is 6.92 Å². The number of aryl methyl sites for hydroxylation is 1. The fraction of sp³-hybridized carbons (Fsp3) is 0.391. The maximum atomic E-state index is 13.3. The van der Waals surface area contributed by atoms with Crippen LogP contribution in [-0.2, 0) is 30.9 Å². The summed E-state index contributed by atoms with van der Waals surface area (Å²) in [7, 11) is 1.92. The highest BCUT2D eigenvalue weighted by Crippen LogP contribution is 2.33. The van der Waals surface area contributed by atoms with Crippen LogP contribution in [-0.4, -0.2) is 39.4 Å². The van der Waals surface area contributed by atoms with Gasteiger partial charge in [-0.25, -0.2) is 0 Å². The van der Waals surface area contributed by atoms with Gasteiger partial charge in [-0.15, -0.1) is 0 Å². The molecule has 1 aliphatic rings. The fourth-order valence-corrected chi connectivity index (χ4v) is 3.89. The van der Waals surface area contributed by atoms with Crippen molar-refractivity contribution >= 4 is 0 Å². The Morgan fingerprint density at radius 3 is 2.65 bits per heavy atom. The molecule has 5 nitrogen and oxygen atoms in total. The van der Waals surface area contributed by atoms with E-state index in [9.17, 15) is 13.2 Å². The van der Waals surface area contributed by atoms with Crippen molar-refractivity contribution in [3.63, 3.8) is 0 Å². The zero-order valence-electron chi connectivity index (χ0n) is 17.6. The molecule has 31 heavy (non-hydrogen) atoms. The Balaban J connectivity index is 1.49. The molecule has 0 N–H and O–H groups in total. The fourth-order valence-electron chi connectivity index (χ4n) is 3.89. The van der Waals surface area contributed by atoms with Gasteiger partial charge in [-0.05, 0) is 30.7 Å². The highest BCUT2D eigenvalue weighted by atomic mass is 19.4. The molecule has 0 aliphatic carbocycles. The third-order valence-corrected chi connectivity index (χ3v) is 5.73. The van der Waals surface area contributed by atoms with Gasteiger partial charge in [0.25, 0.3) is 0 Å². The van der Waals surface area contributed by atoms with Crippen LogP contribution in [0.25, 0.3) is 0 Å². The highest BCUT2D eigenvalue weighted by molar-refractivity contribution is 5.33. The first-order valence-electron chi connectivity index (χ1n) is 10.2. The van der Waals surface area contributed by atoms with Crippen LogP contribution >= 0.6 is 0 Å². The summed E-state index contributed by atoms with van der Waals surface area (Å²) in [4.78, 5) is 6.94. The van der Waals surface area contributed by atoms with Crippen molar-refractivity contribution in [2.45, 2.75) is 32.2 Å². The lowest BCUT2D eigenvalue weighted by Crippen LogP contribution is -2.38. The van der Waals surface area contributed by atoms with Crippen LogP contribution in [0.4, 0.5) is 13.2 Å². The number of aromatic nitrogens is 3. The molecule has 3 heterocycles. The molecule has 0 spiro atoms. The summed E-state index contributed by atoms with van der Waals surface area (Å²) in [5.41, 5.74) is 3.25. The van der Waals surface area contributed by atoms with Gasteiger partial charge < -0.3 is 4.74 Å². The molecule has 0 bridgehead atoms. The zero-order chi connectivity index (χ0) is 22.0. The Morgan fingerprint density at radius 1 is 1.10 bits per heavy atom. The van der Waals surface area contributed by atoms with Crippen molar-refractivity contribution in [1.82, 2.24) is 19.7 Å². The standard InChI is InChI=1S/C23H25F3N4O/c1-16-18(13-27-29(16)2)14-30-10-11-31-22(15-30)21-9-5-7-19(28-21)12-17-6-3-4-8-20(17)23(24,25)26/h3-9,13,22H,10-12,14-15H2,1-2H3. The summed E-state index contributed by atoms with van der Waals surface area (Å²) in [5.74, 6) is 0. The van der Waals surface area contributed by atoms with E-state index in [1.807, 2.05) is 37.0 Å². The Labute approximate surface area is 179 Å². The Hall–Kier alpha value is -2.71. The quantitative estimate of drug-likeness (QED) is 0.605. The van der Waals surface area contributed by atoms with Gasteiger partial charge in [-0.1, -0.05) is 24.3 Å².